The maximum absolute atomic E-state index is 14.8. The van der Waals surface area contributed by atoms with Crippen molar-refractivity contribution in [3.63, 3.8) is 0 Å². The number of phenolic OH excluding ortho intramolecular Hbond substituents is 1. The summed E-state index contributed by atoms with van der Waals surface area (Å²) in [6, 6.07) is -0.0665. The number of carbonyl (C=O) groups is 3. The maximum Gasteiger partial charge on any atom is 0.255 e. The number of aromatic hydroxyl groups is 1. The molecule has 0 bridgehead atoms. The Balaban J connectivity index is 2.00. The lowest BCUT2D eigenvalue weighted by Gasteiger charge is -2.50. The van der Waals surface area contributed by atoms with Gasteiger partial charge >= 0.3 is 0 Å². The van der Waals surface area contributed by atoms with Crippen LogP contribution in [0.4, 0.5) is 4.39 Å². The Kier molecular flexibility index (Phi) is 4.72. The van der Waals surface area contributed by atoms with Gasteiger partial charge in [0.15, 0.2) is 11.4 Å². The third-order valence-corrected chi connectivity index (χ3v) is 6.84. The molecule has 1 fully saturated rings. The van der Waals surface area contributed by atoms with Crippen molar-refractivity contribution in [2.75, 3.05) is 14.1 Å². The van der Waals surface area contributed by atoms with Gasteiger partial charge in [-0.25, -0.2) is 4.39 Å². The van der Waals surface area contributed by atoms with Gasteiger partial charge in [-0.3, -0.25) is 19.3 Å². The van der Waals surface area contributed by atoms with E-state index in [9.17, 15) is 39.2 Å². The lowest BCUT2D eigenvalue weighted by molar-refractivity contribution is -0.153. The van der Waals surface area contributed by atoms with Crippen LogP contribution in [-0.2, 0) is 20.8 Å². The number of likely N-dealkylation sites (N-methyl/N-ethyl adjacent to an activating group) is 1. The number of aliphatic hydroxyl groups excluding tert-OH is 2. The first-order chi connectivity index (χ1) is 14.8. The molecule has 0 spiro atoms. The number of Topliss-reactive ketones (excluding diaryl/α,β-unsaturated/α-hetero) is 2. The van der Waals surface area contributed by atoms with Crippen molar-refractivity contribution in [1.82, 2.24) is 4.90 Å². The van der Waals surface area contributed by atoms with E-state index in [0.29, 0.717) is 0 Å². The van der Waals surface area contributed by atoms with Crippen LogP contribution in [-0.4, -0.2) is 68.5 Å². The number of rotatable bonds is 2. The normalized spacial score (nSPS) is 29.8. The average molecular weight is 446 g/mol. The van der Waals surface area contributed by atoms with E-state index < -0.39 is 69.6 Å². The predicted octanol–water partition coefficient (Wildman–Crippen LogP) is 0.412. The van der Waals surface area contributed by atoms with Gasteiger partial charge in [0.05, 0.1) is 11.6 Å². The lowest BCUT2D eigenvalue weighted by Crippen LogP contribution is -2.65. The standard InChI is InChI=1S/C22H23FN2O7/c1-7-4-11(26)13-9(15(7)23)5-8-6-10-16(25(2)3)18(28)14(21(24)31)20(30)22(10,32)19(29)12(8)17(13)27/h4,8,10,16,26-27,30,32H,5-6H2,1-3H3,(H2,24,31)/t8-,10-,16-,22-/m0/s1. The predicted molar refractivity (Wildman–Crippen MR) is 109 cm³/mol. The van der Waals surface area contributed by atoms with Gasteiger partial charge in [0.2, 0.25) is 5.78 Å². The van der Waals surface area contributed by atoms with Gasteiger partial charge in [0.1, 0.15) is 28.7 Å². The highest BCUT2D eigenvalue weighted by Gasteiger charge is 2.64. The van der Waals surface area contributed by atoms with Crippen LogP contribution in [0.1, 0.15) is 23.1 Å². The van der Waals surface area contributed by atoms with Crippen molar-refractivity contribution in [2.45, 2.75) is 31.4 Å². The zero-order valence-electron chi connectivity index (χ0n) is 17.6. The van der Waals surface area contributed by atoms with Crippen molar-refractivity contribution in [3.8, 4) is 5.75 Å². The summed E-state index contributed by atoms with van der Waals surface area (Å²) in [4.78, 5) is 39.8. The Morgan fingerprint density at radius 3 is 2.44 bits per heavy atom. The number of primary amides is 1. The molecule has 10 heteroatoms. The SMILES string of the molecule is Cc1cc(O)c2c(c1F)C[C@H]1C[C@H]3[C@H](N(C)C)C(=O)C(C(N)=O)=C(O)[C@@]3(O)C(=O)C1=C2O. The van der Waals surface area contributed by atoms with E-state index in [2.05, 4.69) is 0 Å². The van der Waals surface area contributed by atoms with Crippen molar-refractivity contribution in [2.24, 2.45) is 17.6 Å². The maximum atomic E-state index is 14.8. The molecule has 1 amide bonds. The number of amides is 1. The molecule has 4 rings (SSSR count). The molecular formula is C22H23FN2O7. The van der Waals surface area contributed by atoms with Gasteiger partial charge in [0.25, 0.3) is 5.91 Å². The molecule has 0 unspecified atom stereocenters. The Morgan fingerprint density at radius 2 is 1.88 bits per heavy atom. The summed E-state index contributed by atoms with van der Waals surface area (Å²) in [6.45, 7) is 1.45. The number of phenols is 1. The number of ketones is 2. The lowest BCUT2D eigenvalue weighted by atomic mass is 9.57. The number of benzene rings is 1. The van der Waals surface area contributed by atoms with Gasteiger partial charge in [-0.05, 0) is 51.4 Å². The summed E-state index contributed by atoms with van der Waals surface area (Å²) < 4.78 is 14.8. The van der Waals surface area contributed by atoms with Crippen LogP contribution < -0.4 is 5.73 Å². The van der Waals surface area contributed by atoms with Gasteiger partial charge in [-0.1, -0.05) is 0 Å². The minimum absolute atomic E-state index is 0.0214. The summed E-state index contributed by atoms with van der Waals surface area (Å²) in [5, 5.41) is 43.3. The number of nitrogens with zero attached hydrogens (tertiary/aromatic N) is 1. The monoisotopic (exact) mass is 446 g/mol. The summed E-state index contributed by atoms with van der Waals surface area (Å²) in [5.41, 5.74) is 1.28. The first kappa shape index (κ1) is 22.0. The molecule has 1 aromatic carbocycles. The van der Waals surface area contributed by atoms with Crippen molar-refractivity contribution in [1.29, 1.82) is 0 Å². The van der Waals surface area contributed by atoms with E-state index in [1.807, 2.05) is 0 Å². The van der Waals surface area contributed by atoms with Crippen LogP contribution in [0.3, 0.4) is 0 Å². The third kappa shape index (κ3) is 2.59. The molecule has 4 atom stereocenters. The first-order valence-corrected chi connectivity index (χ1v) is 9.99. The quantitative estimate of drug-likeness (QED) is 0.408. The third-order valence-electron chi connectivity index (χ3n) is 6.84. The van der Waals surface area contributed by atoms with Crippen molar-refractivity contribution < 1.29 is 39.2 Å². The van der Waals surface area contributed by atoms with Gasteiger partial charge in [-0.2, -0.15) is 0 Å². The molecule has 170 valence electrons. The summed E-state index contributed by atoms with van der Waals surface area (Å²) >= 11 is 0. The number of aliphatic hydroxyl groups is 3. The van der Waals surface area contributed by atoms with Crippen LogP contribution in [0.5, 0.6) is 5.75 Å². The molecule has 0 radical (unpaired) electrons. The second kappa shape index (κ2) is 6.88. The fourth-order valence-electron chi connectivity index (χ4n) is 5.43. The Morgan fingerprint density at radius 1 is 1.25 bits per heavy atom. The minimum Gasteiger partial charge on any atom is -0.508 e. The van der Waals surface area contributed by atoms with Crippen molar-refractivity contribution >= 4 is 23.2 Å². The molecule has 6 N–H and O–H groups in total. The molecule has 1 aromatic rings. The summed E-state index contributed by atoms with van der Waals surface area (Å²) in [7, 11) is 3.02. The fraction of sp³-hybridized carbons (Fsp3) is 0.409. The molecule has 0 heterocycles. The van der Waals surface area contributed by atoms with Crippen LogP contribution in [0.2, 0.25) is 0 Å². The van der Waals surface area contributed by atoms with Gasteiger partial charge in [0, 0.05) is 17.1 Å². The molecule has 9 nitrogen and oxygen atoms in total. The van der Waals surface area contributed by atoms with E-state index >= 15 is 0 Å². The number of aryl methyl sites for hydroxylation is 1. The Hall–Kier alpha value is -3.24. The summed E-state index contributed by atoms with van der Waals surface area (Å²) in [6.07, 6.45) is -0.157. The second-order valence-electron chi connectivity index (χ2n) is 8.84. The zero-order chi connectivity index (χ0) is 23.9. The molecule has 32 heavy (non-hydrogen) atoms. The first-order valence-electron chi connectivity index (χ1n) is 9.99. The van der Waals surface area contributed by atoms with Crippen LogP contribution >= 0.6 is 0 Å². The topological polar surface area (TPSA) is 161 Å². The zero-order valence-corrected chi connectivity index (χ0v) is 17.6. The molecule has 0 aromatic heterocycles. The number of hydrogen-bond donors (Lipinski definition) is 5. The van der Waals surface area contributed by atoms with E-state index in [4.69, 9.17) is 5.73 Å². The number of carbonyl (C=O) groups excluding carboxylic acids is 3. The molecule has 3 aliphatic rings. The highest BCUT2D eigenvalue weighted by atomic mass is 19.1. The largest absolute Gasteiger partial charge is 0.508 e. The number of hydrogen-bond acceptors (Lipinski definition) is 8. The molecule has 3 aliphatic carbocycles. The molecule has 0 saturated heterocycles. The smallest absolute Gasteiger partial charge is 0.255 e. The van der Waals surface area contributed by atoms with Crippen LogP contribution in [0.25, 0.3) is 5.76 Å². The van der Waals surface area contributed by atoms with E-state index in [1.165, 1.54) is 25.9 Å². The Bertz CT molecular complexity index is 1170. The molecular weight excluding hydrogens is 423 g/mol. The number of halogens is 1. The molecule has 0 aliphatic heterocycles. The Labute approximate surface area is 182 Å². The van der Waals surface area contributed by atoms with Gasteiger partial charge < -0.3 is 26.2 Å². The van der Waals surface area contributed by atoms with Crippen LogP contribution in [0, 0.1) is 24.6 Å². The highest BCUT2D eigenvalue weighted by molar-refractivity contribution is 6.24. The number of fused-ring (bicyclic) bond motifs is 3. The molecule has 1 saturated carbocycles. The highest BCUT2D eigenvalue weighted by Crippen LogP contribution is 2.52. The van der Waals surface area contributed by atoms with Crippen LogP contribution in [0.15, 0.2) is 23.0 Å². The average Bonchev–Trinajstić information content (AvgIpc) is 2.68. The number of nitrogens with two attached hydrogens (primary N) is 1. The van der Waals surface area contributed by atoms with Gasteiger partial charge in [-0.15, -0.1) is 0 Å². The van der Waals surface area contributed by atoms with E-state index in [0.717, 1.165) is 6.07 Å². The summed E-state index contributed by atoms with van der Waals surface area (Å²) in [5.74, 6) is -8.20. The van der Waals surface area contributed by atoms with Crippen molar-refractivity contribution in [3.05, 3.63) is 45.5 Å². The minimum atomic E-state index is -2.70. The second-order valence-corrected chi connectivity index (χ2v) is 8.84. The fourth-order valence-corrected chi connectivity index (χ4v) is 5.43. The van der Waals surface area contributed by atoms with E-state index in [-0.39, 0.29) is 35.1 Å². The van der Waals surface area contributed by atoms with E-state index in [1.54, 1.807) is 0 Å².